The quantitative estimate of drug-likeness (QED) is 0.562. The van der Waals surface area contributed by atoms with E-state index in [-0.39, 0.29) is 0 Å². The van der Waals surface area contributed by atoms with Crippen molar-refractivity contribution in [1.29, 1.82) is 0 Å². The first-order valence-electron chi connectivity index (χ1n) is 4.25. The van der Waals surface area contributed by atoms with Gasteiger partial charge >= 0.3 is 73.3 Å². The number of unbranched alkanes of at least 4 members (excludes halogenated alkanes) is 2. The molecule has 0 radical (unpaired) electrons. The number of hydrogen-bond donors (Lipinski definition) is 1. The molecule has 1 aliphatic heterocycles. The van der Waals surface area contributed by atoms with Gasteiger partial charge in [0.05, 0.1) is 0 Å². The van der Waals surface area contributed by atoms with Crippen molar-refractivity contribution >= 4 is 14.7 Å². The Morgan fingerprint density at radius 2 is 2.27 bits per heavy atom. The molecule has 0 aromatic rings. The summed E-state index contributed by atoms with van der Waals surface area (Å²) in [4.78, 5) is 2.35. The topological polar surface area (TPSA) is 26.0 Å². The Morgan fingerprint density at radius 1 is 1.45 bits per heavy atom. The van der Waals surface area contributed by atoms with Crippen LogP contribution in [0.25, 0.3) is 0 Å². The van der Waals surface area contributed by atoms with Crippen LogP contribution in [0.4, 0.5) is 0 Å². The first kappa shape index (κ1) is 8.93. The summed E-state index contributed by atoms with van der Waals surface area (Å²) in [6.45, 7) is 2.24. The zero-order chi connectivity index (χ0) is 8.10. The molecule has 0 amide bonds. The zero-order valence-corrected chi connectivity index (χ0v) is 8.96. The van der Waals surface area contributed by atoms with Gasteiger partial charge in [0.2, 0.25) is 0 Å². The van der Waals surface area contributed by atoms with Crippen molar-refractivity contribution in [3.05, 3.63) is 21.5 Å². The van der Waals surface area contributed by atoms with E-state index in [2.05, 4.69) is 23.9 Å². The van der Waals surface area contributed by atoms with E-state index in [1.165, 1.54) is 29.0 Å². The van der Waals surface area contributed by atoms with Gasteiger partial charge in [-0.05, 0) is 0 Å². The van der Waals surface area contributed by atoms with Crippen molar-refractivity contribution in [3.8, 4) is 0 Å². The molecule has 0 saturated carbocycles. The van der Waals surface area contributed by atoms with Crippen molar-refractivity contribution < 1.29 is 0 Å². The third-order valence-electron chi connectivity index (χ3n) is 1.87. The number of hydrogen-bond acceptors (Lipinski definition) is 1. The van der Waals surface area contributed by atoms with E-state index in [9.17, 15) is 0 Å². The second kappa shape index (κ2) is 4.66. The van der Waals surface area contributed by atoms with Crippen LogP contribution in [0, 0.1) is 0 Å². The molecular formula is C9H16AsN. The molecule has 1 nitrogen and oxygen atoms in total. The van der Waals surface area contributed by atoms with E-state index in [1.807, 2.05) is 0 Å². The second-order valence-corrected chi connectivity index (χ2v) is 7.45. The Morgan fingerprint density at radius 3 is 2.82 bits per heavy atom. The van der Waals surface area contributed by atoms with E-state index in [0.717, 1.165) is 0 Å². The van der Waals surface area contributed by atoms with Crippen molar-refractivity contribution in [2.24, 2.45) is 5.73 Å². The molecule has 0 aromatic heterocycles. The summed E-state index contributed by atoms with van der Waals surface area (Å²) in [6, 6.07) is 0. The van der Waals surface area contributed by atoms with Crippen LogP contribution in [-0.4, -0.2) is 14.7 Å². The van der Waals surface area contributed by atoms with Gasteiger partial charge in [0.1, 0.15) is 0 Å². The molecule has 1 unspecified atom stereocenters. The van der Waals surface area contributed by atoms with Gasteiger partial charge in [-0.25, -0.2) is 0 Å². The molecule has 1 atom stereocenters. The summed E-state index contributed by atoms with van der Waals surface area (Å²) in [7, 11) is 0. The van der Waals surface area contributed by atoms with Crippen LogP contribution in [0.3, 0.4) is 0 Å². The normalized spacial score (nSPS) is 22.3. The van der Waals surface area contributed by atoms with Crippen LogP contribution in [0.15, 0.2) is 21.5 Å². The van der Waals surface area contributed by atoms with Gasteiger partial charge in [0.25, 0.3) is 0 Å². The van der Waals surface area contributed by atoms with E-state index < -0.39 is 14.7 Å². The van der Waals surface area contributed by atoms with Gasteiger partial charge in [0.15, 0.2) is 0 Å². The van der Waals surface area contributed by atoms with Crippen molar-refractivity contribution in [3.63, 3.8) is 0 Å². The van der Waals surface area contributed by atoms with Gasteiger partial charge in [-0.2, -0.15) is 0 Å². The summed E-state index contributed by atoms with van der Waals surface area (Å²) >= 11 is -0.813. The molecule has 62 valence electrons. The summed E-state index contributed by atoms with van der Waals surface area (Å²) in [6.07, 6.45) is 8.25. The van der Waals surface area contributed by atoms with Crippen molar-refractivity contribution in [2.45, 2.75) is 31.4 Å². The van der Waals surface area contributed by atoms with Gasteiger partial charge in [-0.15, -0.1) is 0 Å². The van der Waals surface area contributed by atoms with Gasteiger partial charge in [-0.3, -0.25) is 0 Å². The summed E-state index contributed by atoms with van der Waals surface area (Å²) in [5.41, 5.74) is 5.82. The van der Waals surface area contributed by atoms with Crippen LogP contribution >= 0.6 is 0 Å². The molecule has 2 N–H and O–H groups in total. The Hall–Kier alpha value is -0.162. The van der Waals surface area contributed by atoms with Crippen molar-refractivity contribution in [1.82, 2.24) is 0 Å². The predicted octanol–water partition coefficient (Wildman–Crippen LogP) is 2.16. The van der Waals surface area contributed by atoms with Gasteiger partial charge in [0, 0.05) is 0 Å². The minimum absolute atomic E-state index is 0.813. The fraction of sp³-hybridized carbons (Fsp3) is 0.556. The van der Waals surface area contributed by atoms with E-state index >= 15 is 0 Å². The van der Waals surface area contributed by atoms with Crippen LogP contribution in [0.5, 0.6) is 0 Å². The number of rotatable bonds is 4. The van der Waals surface area contributed by atoms with Crippen LogP contribution in [0.2, 0.25) is 5.21 Å². The first-order chi connectivity index (χ1) is 5.34. The van der Waals surface area contributed by atoms with Gasteiger partial charge in [-0.1, -0.05) is 0 Å². The molecule has 2 heteroatoms. The Balaban J connectivity index is 2.17. The number of nitrogens with two attached hydrogens (primary N) is 1. The molecule has 1 rings (SSSR count). The third-order valence-corrected chi connectivity index (χ3v) is 6.36. The SMILES string of the molecule is CCCCC[As]1C=CC=C1N. The maximum absolute atomic E-state index is 5.82. The first-order valence-corrected chi connectivity index (χ1v) is 7.60. The molecule has 0 aliphatic carbocycles. The fourth-order valence-electron chi connectivity index (χ4n) is 1.16. The molecule has 0 bridgehead atoms. The third kappa shape index (κ3) is 2.75. The standard InChI is InChI=1S/C9H16AsN/c1-2-3-4-7-10-8-5-6-9(10)11/h5-6,8H,2-4,7,11H2,1H3. The molecule has 0 saturated heterocycles. The number of allylic oxidation sites excluding steroid dienone is 2. The minimum atomic E-state index is -0.813. The van der Waals surface area contributed by atoms with Crippen molar-refractivity contribution in [2.75, 3.05) is 0 Å². The fourth-order valence-corrected chi connectivity index (χ4v) is 4.76. The Kier molecular flexibility index (Phi) is 3.79. The van der Waals surface area contributed by atoms with E-state index in [4.69, 9.17) is 5.73 Å². The van der Waals surface area contributed by atoms with Crippen LogP contribution in [-0.2, 0) is 0 Å². The van der Waals surface area contributed by atoms with E-state index in [0.29, 0.717) is 0 Å². The van der Waals surface area contributed by atoms with Gasteiger partial charge < -0.3 is 0 Å². The van der Waals surface area contributed by atoms with E-state index in [1.54, 1.807) is 0 Å². The Labute approximate surface area is 73.6 Å². The molecular weight excluding hydrogens is 197 g/mol. The average molecular weight is 213 g/mol. The zero-order valence-electron chi connectivity index (χ0n) is 7.09. The molecule has 1 heterocycles. The molecule has 1 aliphatic rings. The molecule has 11 heavy (non-hydrogen) atoms. The Bertz CT molecular complexity index is 172. The molecule has 0 fully saturated rings. The average Bonchev–Trinajstić information content (AvgIpc) is 2.37. The summed E-state index contributed by atoms with van der Waals surface area (Å²) in [5.74, 6) is 0. The monoisotopic (exact) mass is 213 g/mol. The molecule has 0 aromatic carbocycles. The predicted molar refractivity (Wildman–Crippen MR) is 51.5 cm³/mol. The second-order valence-electron chi connectivity index (χ2n) is 2.83. The maximum atomic E-state index is 5.82. The molecule has 0 spiro atoms. The summed E-state index contributed by atoms with van der Waals surface area (Å²) < 4.78 is 1.19. The van der Waals surface area contributed by atoms with Crippen LogP contribution < -0.4 is 5.73 Å². The van der Waals surface area contributed by atoms with Crippen LogP contribution in [0.1, 0.15) is 26.2 Å². The summed E-state index contributed by atoms with van der Waals surface area (Å²) in [5, 5.41) is 1.37.